The second-order valence-corrected chi connectivity index (χ2v) is 6.25. The minimum absolute atomic E-state index is 0.625. The molecule has 0 aliphatic heterocycles. The van der Waals surface area contributed by atoms with Gasteiger partial charge >= 0.3 is 0 Å². The Bertz CT molecular complexity index is 450. The maximum absolute atomic E-state index is 4.72. The molecule has 0 amide bonds. The van der Waals surface area contributed by atoms with Gasteiger partial charge in [-0.25, -0.2) is 9.97 Å². The van der Waals surface area contributed by atoms with Crippen LogP contribution < -0.4 is 10.2 Å². The van der Waals surface area contributed by atoms with E-state index in [9.17, 15) is 0 Å². The second kappa shape index (κ2) is 7.62. The van der Waals surface area contributed by atoms with Crippen molar-refractivity contribution in [3.05, 3.63) is 11.4 Å². The van der Waals surface area contributed by atoms with Crippen molar-refractivity contribution >= 4 is 11.6 Å². The molecule has 0 spiro atoms. The van der Waals surface area contributed by atoms with E-state index in [-0.39, 0.29) is 0 Å². The second-order valence-electron chi connectivity index (χ2n) is 6.25. The molecule has 0 bridgehead atoms. The largest absolute Gasteiger partial charge is 0.370 e. The first-order valence-electron chi connectivity index (χ1n) is 8.45. The zero-order valence-corrected chi connectivity index (χ0v) is 14.1. The first kappa shape index (κ1) is 16.1. The van der Waals surface area contributed by atoms with Gasteiger partial charge in [0, 0.05) is 25.2 Å². The molecular weight excluding hydrogens is 260 g/mol. The molecule has 1 saturated carbocycles. The van der Waals surface area contributed by atoms with Crippen molar-refractivity contribution in [2.45, 2.75) is 71.8 Å². The fourth-order valence-corrected chi connectivity index (χ4v) is 3.19. The molecule has 1 aromatic rings. The van der Waals surface area contributed by atoms with E-state index >= 15 is 0 Å². The Labute approximate surface area is 129 Å². The standard InChI is InChI=1S/C17H30N4/c1-5-12-18-16-13(2)17(20-14(3)19-16)21(4)15-10-8-6-7-9-11-15/h15H,5-12H2,1-4H3,(H,18,19,20). The highest BCUT2D eigenvalue weighted by atomic mass is 15.2. The Morgan fingerprint density at radius 1 is 1.10 bits per heavy atom. The summed E-state index contributed by atoms with van der Waals surface area (Å²) in [5.41, 5.74) is 1.18. The van der Waals surface area contributed by atoms with Gasteiger partial charge in [-0.2, -0.15) is 0 Å². The predicted molar refractivity (Wildman–Crippen MR) is 90.2 cm³/mol. The molecular formula is C17H30N4. The van der Waals surface area contributed by atoms with Crippen LogP contribution in [0.2, 0.25) is 0 Å². The molecule has 21 heavy (non-hydrogen) atoms. The van der Waals surface area contributed by atoms with Crippen molar-refractivity contribution < 1.29 is 0 Å². The van der Waals surface area contributed by atoms with E-state index in [1.54, 1.807) is 0 Å². The van der Waals surface area contributed by atoms with Gasteiger partial charge in [0.2, 0.25) is 0 Å². The van der Waals surface area contributed by atoms with Gasteiger partial charge in [0.05, 0.1) is 0 Å². The molecule has 1 heterocycles. The Morgan fingerprint density at radius 3 is 2.38 bits per heavy atom. The summed E-state index contributed by atoms with van der Waals surface area (Å²) in [5.74, 6) is 2.96. The zero-order valence-electron chi connectivity index (χ0n) is 14.1. The van der Waals surface area contributed by atoms with Crippen LogP contribution in [-0.4, -0.2) is 29.6 Å². The summed E-state index contributed by atoms with van der Waals surface area (Å²) in [6, 6.07) is 0.625. The maximum Gasteiger partial charge on any atom is 0.137 e. The molecule has 0 aromatic carbocycles. The molecule has 1 N–H and O–H groups in total. The van der Waals surface area contributed by atoms with Gasteiger partial charge in [0.25, 0.3) is 0 Å². The molecule has 4 nitrogen and oxygen atoms in total. The van der Waals surface area contributed by atoms with Crippen LogP contribution in [0.5, 0.6) is 0 Å². The Kier molecular flexibility index (Phi) is 5.83. The van der Waals surface area contributed by atoms with Crippen LogP contribution in [0.15, 0.2) is 0 Å². The third kappa shape index (κ3) is 4.08. The summed E-state index contributed by atoms with van der Waals surface area (Å²) in [6.45, 7) is 7.26. The molecule has 1 aromatic heterocycles. The smallest absolute Gasteiger partial charge is 0.137 e. The Balaban J connectivity index is 2.22. The van der Waals surface area contributed by atoms with E-state index in [4.69, 9.17) is 4.98 Å². The van der Waals surface area contributed by atoms with E-state index < -0.39 is 0 Å². The lowest BCUT2D eigenvalue weighted by molar-refractivity contribution is 0.547. The van der Waals surface area contributed by atoms with Crippen LogP contribution >= 0.6 is 0 Å². The van der Waals surface area contributed by atoms with Crippen LogP contribution in [0.1, 0.15) is 63.3 Å². The molecule has 2 rings (SSSR count). The number of hydrogen-bond acceptors (Lipinski definition) is 4. The zero-order chi connectivity index (χ0) is 15.2. The van der Waals surface area contributed by atoms with Gasteiger partial charge in [0.15, 0.2) is 0 Å². The third-order valence-corrected chi connectivity index (χ3v) is 4.48. The monoisotopic (exact) mass is 290 g/mol. The molecule has 118 valence electrons. The number of nitrogens with one attached hydrogen (secondary N) is 1. The van der Waals surface area contributed by atoms with Gasteiger partial charge in [-0.3, -0.25) is 0 Å². The van der Waals surface area contributed by atoms with Crippen molar-refractivity contribution in [2.75, 3.05) is 23.8 Å². The SMILES string of the molecule is CCCNc1nc(C)nc(N(C)C2CCCCCC2)c1C. The molecule has 1 aliphatic rings. The van der Waals surface area contributed by atoms with Crippen molar-refractivity contribution in [2.24, 2.45) is 0 Å². The van der Waals surface area contributed by atoms with Gasteiger partial charge in [0.1, 0.15) is 17.5 Å². The van der Waals surface area contributed by atoms with Crippen LogP contribution in [0, 0.1) is 13.8 Å². The van der Waals surface area contributed by atoms with E-state index in [2.05, 4.69) is 36.1 Å². The summed E-state index contributed by atoms with van der Waals surface area (Å²) in [7, 11) is 2.20. The van der Waals surface area contributed by atoms with Crippen LogP contribution in [0.4, 0.5) is 11.6 Å². The topological polar surface area (TPSA) is 41.1 Å². The minimum atomic E-state index is 0.625. The number of aryl methyl sites for hydroxylation is 1. The van der Waals surface area contributed by atoms with Crippen LogP contribution in [-0.2, 0) is 0 Å². The highest BCUT2D eigenvalue weighted by Gasteiger charge is 2.21. The average molecular weight is 290 g/mol. The van der Waals surface area contributed by atoms with Crippen LogP contribution in [0.25, 0.3) is 0 Å². The Morgan fingerprint density at radius 2 is 1.76 bits per heavy atom. The van der Waals surface area contributed by atoms with Gasteiger partial charge in [-0.15, -0.1) is 0 Å². The average Bonchev–Trinajstić information content (AvgIpc) is 2.76. The Hall–Kier alpha value is -1.32. The van der Waals surface area contributed by atoms with Crippen molar-refractivity contribution in [1.82, 2.24) is 9.97 Å². The van der Waals surface area contributed by atoms with Gasteiger partial charge in [-0.05, 0) is 33.1 Å². The summed E-state index contributed by atoms with van der Waals surface area (Å²) in [4.78, 5) is 11.7. The third-order valence-electron chi connectivity index (χ3n) is 4.48. The lowest BCUT2D eigenvalue weighted by Gasteiger charge is -2.30. The molecule has 0 unspecified atom stereocenters. The molecule has 4 heteroatoms. The van der Waals surface area contributed by atoms with E-state index in [1.807, 2.05) is 6.92 Å². The molecule has 0 saturated heterocycles. The van der Waals surface area contributed by atoms with Crippen molar-refractivity contribution in [1.29, 1.82) is 0 Å². The lowest BCUT2D eigenvalue weighted by Crippen LogP contribution is -2.33. The molecule has 0 atom stereocenters. The van der Waals surface area contributed by atoms with Crippen molar-refractivity contribution in [3.8, 4) is 0 Å². The molecule has 1 fully saturated rings. The molecule has 0 radical (unpaired) electrons. The maximum atomic E-state index is 4.72. The lowest BCUT2D eigenvalue weighted by atomic mass is 10.1. The van der Waals surface area contributed by atoms with E-state index in [0.717, 1.165) is 30.4 Å². The fourth-order valence-electron chi connectivity index (χ4n) is 3.19. The fraction of sp³-hybridized carbons (Fsp3) is 0.765. The van der Waals surface area contributed by atoms with Crippen molar-refractivity contribution in [3.63, 3.8) is 0 Å². The van der Waals surface area contributed by atoms with E-state index in [0.29, 0.717) is 6.04 Å². The number of anilines is 2. The quantitative estimate of drug-likeness (QED) is 0.830. The first-order valence-corrected chi connectivity index (χ1v) is 8.45. The highest BCUT2D eigenvalue weighted by Crippen LogP contribution is 2.28. The summed E-state index contributed by atoms with van der Waals surface area (Å²) < 4.78 is 0. The summed E-state index contributed by atoms with van der Waals surface area (Å²) in [5, 5.41) is 3.44. The number of rotatable bonds is 5. The molecule has 1 aliphatic carbocycles. The van der Waals surface area contributed by atoms with Crippen LogP contribution in [0.3, 0.4) is 0 Å². The summed E-state index contributed by atoms with van der Waals surface area (Å²) in [6.07, 6.45) is 9.15. The first-order chi connectivity index (χ1) is 10.1. The van der Waals surface area contributed by atoms with Gasteiger partial charge in [-0.1, -0.05) is 32.6 Å². The number of aromatic nitrogens is 2. The van der Waals surface area contributed by atoms with Gasteiger partial charge < -0.3 is 10.2 Å². The van der Waals surface area contributed by atoms with E-state index in [1.165, 1.54) is 44.1 Å². The number of nitrogens with zero attached hydrogens (tertiary/aromatic N) is 3. The normalized spacial score (nSPS) is 16.6. The highest BCUT2D eigenvalue weighted by molar-refractivity contribution is 5.58. The minimum Gasteiger partial charge on any atom is -0.370 e. The predicted octanol–water partition coefficient (Wildman–Crippen LogP) is 4.07. The number of hydrogen-bond donors (Lipinski definition) is 1. The summed E-state index contributed by atoms with van der Waals surface area (Å²) >= 11 is 0.